The van der Waals surface area contributed by atoms with Crippen LogP contribution >= 0.6 is 11.6 Å². The summed E-state index contributed by atoms with van der Waals surface area (Å²) in [6.45, 7) is 3.70. The largest absolute Gasteiger partial charge is 0.311 e. The van der Waals surface area contributed by atoms with Crippen LogP contribution in [0.3, 0.4) is 0 Å². The van der Waals surface area contributed by atoms with E-state index in [2.05, 4.69) is 15.0 Å². The van der Waals surface area contributed by atoms with E-state index < -0.39 is 0 Å². The van der Waals surface area contributed by atoms with Gasteiger partial charge in [0.05, 0.1) is 11.1 Å². The van der Waals surface area contributed by atoms with Gasteiger partial charge in [0.1, 0.15) is 5.15 Å². The van der Waals surface area contributed by atoms with Crippen LogP contribution in [0.15, 0.2) is 29.3 Å². The molecule has 0 unspecified atom stereocenters. The Morgan fingerprint density at radius 3 is 2.64 bits per heavy atom. The van der Waals surface area contributed by atoms with E-state index in [1.165, 1.54) is 10.8 Å². The van der Waals surface area contributed by atoms with E-state index in [0.717, 1.165) is 11.8 Å². The molecule has 3 heterocycles. The number of halogens is 1. The van der Waals surface area contributed by atoms with Crippen LogP contribution in [0.25, 0.3) is 22.0 Å². The first-order valence-corrected chi connectivity index (χ1v) is 8.32. The summed E-state index contributed by atoms with van der Waals surface area (Å²) in [5.74, 6) is 0.0940. The van der Waals surface area contributed by atoms with Gasteiger partial charge in [-0.05, 0) is 25.5 Å². The number of hydrogen-bond donors (Lipinski definition) is 0. The molecule has 128 valence electrons. The van der Waals surface area contributed by atoms with Gasteiger partial charge in [0.2, 0.25) is 0 Å². The SMILES string of the molecule is CCCC(=O)c1ncc(-c2cc3cnc(Cl)cc3n(C)c2=O)c(C)n1. The molecule has 0 spiro atoms. The summed E-state index contributed by atoms with van der Waals surface area (Å²) >= 11 is 5.92. The molecule has 6 nitrogen and oxygen atoms in total. The van der Waals surface area contributed by atoms with Crippen molar-refractivity contribution in [1.82, 2.24) is 19.5 Å². The lowest BCUT2D eigenvalue weighted by atomic mass is 10.1. The van der Waals surface area contributed by atoms with Gasteiger partial charge in [0.15, 0.2) is 11.6 Å². The van der Waals surface area contributed by atoms with Crippen molar-refractivity contribution in [3.63, 3.8) is 0 Å². The Labute approximate surface area is 149 Å². The fourth-order valence-electron chi connectivity index (χ4n) is 2.74. The molecule has 7 heteroatoms. The molecule has 0 N–H and O–H groups in total. The highest BCUT2D eigenvalue weighted by molar-refractivity contribution is 6.30. The first-order valence-electron chi connectivity index (χ1n) is 7.95. The molecule has 3 rings (SSSR count). The van der Waals surface area contributed by atoms with E-state index in [1.807, 2.05) is 6.92 Å². The van der Waals surface area contributed by atoms with Gasteiger partial charge < -0.3 is 4.57 Å². The minimum atomic E-state index is -0.186. The number of nitrogens with zero attached hydrogens (tertiary/aromatic N) is 4. The normalized spacial score (nSPS) is 11.0. The maximum absolute atomic E-state index is 12.7. The number of hydrogen-bond acceptors (Lipinski definition) is 5. The van der Waals surface area contributed by atoms with Crippen LogP contribution in [0.1, 0.15) is 36.1 Å². The summed E-state index contributed by atoms with van der Waals surface area (Å²) in [4.78, 5) is 37.2. The van der Waals surface area contributed by atoms with Crippen molar-refractivity contribution >= 4 is 28.3 Å². The molecule has 3 aromatic rings. The zero-order chi connectivity index (χ0) is 18.1. The van der Waals surface area contributed by atoms with Gasteiger partial charge in [-0.15, -0.1) is 0 Å². The van der Waals surface area contributed by atoms with Crippen molar-refractivity contribution in [2.45, 2.75) is 26.7 Å². The number of aromatic nitrogens is 4. The molecule has 0 aliphatic heterocycles. The zero-order valence-electron chi connectivity index (χ0n) is 14.2. The molecule has 0 aromatic carbocycles. The Kier molecular flexibility index (Phi) is 4.63. The average molecular weight is 357 g/mol. The first-order chi connectivity index (χ1) is 11.9. The lowest BCUT2D eigenvalue weighted by Gasteiger charge is -2.11. The third-order valence-electron chi connectivity index (χ3n) is 4.07. The third-order valence-corrected chi connectivity index (χ3v) is 4.28. The predicted octanol–water partition coefficient (Wildman–Crippen LogP) is 3.34. The lowest BCUT2D eigenvalue weighted by molar-refractivity contribution is 0.0971. The summed E-state index contributed by atoms with van der Waals surface area (Å²) in [7, 11) is 1.68. The topological polar surface area (TPSA) is 77.7 Å². The standard InChI is InChI=1S/C18H17ClN4O2/c1-4-5-15(24)17-21-9-13(10(2)22-17)12-6-11-8-20-16(19)7-14(11)23(3)18(12)25/h6-9H,4-5H2,1-3H3. The van der Waals surface area contributed by atoms with Crippen LogP contribution in [0.5, 0.6) is 0 Å². The average Bonchev–Trinajstić information content (AvgIpc) is 2.59. The number of aryl methyl sites for hydroxylation is 2. The smallest absolute Gasteiger partial charge is 0.258 e. The van der Waals surface area contributed by atoms with Gasteiger partial charge in [0, 0.05) is 42.5 Å². The van der Waals surface area contributed by atoms with Crippen molar-refractivity contribution in [3.8, 4) is 11.1 Å². The number of ketones is 1. The van der Waals surface area contributed by atoms with Gasteiger partial charge in [-0.3, -0.25) is 9.59 Å². The number of Topliss-reactive ketones (excluding diaryl/α,β-unsaturated/α-hetero) is 1. The second-order valence-electron chi connectivity index (χ2n) is 5.85. The monoisotopic (exact) mass is 356 g/mol. The molecule has 3 aromatic heterocycles. The second kappa shape index (κ2) is 6.72. The van der Waals surface area contributed by atoms with Gasteiger partial charge in [0.25, 0.3) is 5.56 Å². The van der Waals surface area contributed by atoms with E-state index in [9.17, 15) is 9.59 Å². The quantitative estimate of drug-likeness (QED) is 0.529. The number of carbonyl (C=O) groups is 1. The summed E-state index contributed by atoms with van der Waals surface area (Å²) in [5, 5.41) is 1.11. The molecule has 0 saturated carbocycles. The number of pyridine rings is 2. The molecule has 0 fully saturated rings. The highest BCUT2D eigenvalue weighted by atomic mass is 35.5. The lowest BCUT2D eigenvalue weighted by Crippen LogP contribution is -2.20. The van der Waals surface area contributed by atoms with Crippen molar-refractivity contribution in [3.05, 3.63) is 51.6 Å². The van der Waals surface area contributed by atoms with Crippen molar-refractivity contribution < 1.29 is 4.79 Å². The summed E-state index contributed by atoms with van der Waals surface area (Å²) in [6, 6.07) is 3.40. The Bertz CT molecular complexity index is 1040. The van der Waals surface area contributed by atoms with Crippen molar-refractivity contribution in [2.75, 3.05) is 0 Å². The maximum atomic E-state index is 12.7. The summed E-state index contributed by atoms with van der Waals surface area (Å²) < 4.78 is 1.52. The molecule has 0 aliphatic rings. The number of fused-ring (bicyclic) bond motifs is 1. The van der Waals surface area contributed by atoms with E-state index >= 15 is 0 Å². The Morgan fingerprint density at radius 2 is 1.96 bits per heavy atom. The van der Waals surface area contributed by atoms with Crippen LogP contribution in [-0.4, -0.2) is 25.3 Å². The maximum Gasteiger partial charge on any atom is 0.258 e. The number of carbonyl (C=O) groups excluding carboxylic acids is 1. The fraction of sp³-hybridized carbons (Fsp3) is 0.278. The van der Waals surface area contributed by atoms with Crippen molar-refractivity contribution in [1.29, 1.82) is 0 Å². The zero-order valence-corrected chi connectivity index (χ0v) is 15.0. The van der Waals surface area contributed by atoms with E-state index in [4.69, 9.17) is 11.6 Å². The van der Waals surface area contributed by atoms with Gasteiger partial charge in [-0.1, -0.05) is 18.5 Å². The number of rotatable bonds is 4. The van der Waals surface area contributed by atoms with E-state index in [-0.39, 0.29) is 17.2 Å². The van der Waals surface area contributed by atoms with Gasteiger partial charge in [-0.2, -0.15) is 0 Å². The molecule has 0 radical (unpaired) electrons. The molecular formula is C18H17ClN4O2. The molecular weight excluding hydrogens is 340 g/mol. The first kappa shape index (κ1) is 17.2. The molecule has 0 atom stereocenters. The Balaban J connectivity index is 2.17. The molecule has 0 bridgehead atoms. The van der Waals surface area contributed by atoms with Gasteiger partial charge >= 0.3 is 0 Å². The minimum absolute atomic E-state index is 0.0950. The van der Waals surface area contributed by atoms with Crippen molar-refractivity contribution in [2.24, 2.45) is 7.05 Å². The third kappa shape index (κ3) is 3.17. The predicted molar refractivity (Wildman–Crippen MR) is 97.0 cm³/mol. The fourth-order valence-corrected chi connectivity index (χ4v) is 2.89. The second-order valence-corrected chi connectivity index (χ2v) is 6.24. The van der Waals surface area contributed by atoms with Crippen LogP contribution in [0, 0.1) is 6.92 Å². The van der Waals surface area contributed by atoms with Crippen LogP contribution < -0.4 is 5.56 Å². The van der Waals surface area contributed by atoms with Crippen LogP contribution in [-0.2, 0) is 7.05 Å². The minimum Gasteiger partial charge on any atom is -0.311 e. The molecule has 0 amide bonds. The molecule has 0 saturated heterocycles. The van der Waals surface area contributed by atoms with Gasteiger partial charge in [-0.25, -0.2) is 15.0 Å². The molecule has 25 heavy (non-hydrogen) atoms. The van der Waals surface area contributed by atoms with Crippen LogP contribution in [0.2, 0.25) is 5.15 Å². The summed E-state index contributed by atoms with van der Waals surface area (Å²) in [5.41, 5.74) is 2.17. The highest BCUT2D eigenvalue weighted by Gasteiger charge is 2.15. The van der Waals surface area contributed by atoms with E-state index in [1.54, 1.807) is 32.3 Å². The highest BCUT2D eigenvalue weighted by Crippen LogP contribution is 2.23. The molecule has 0 aliphatic carbocycles. The van der Waals surface area contributed by atoms with Crippen LogP contribution in [0.4, 0.5) is 0 Å². The Hall–Kier alpha value is -2.60. The van der Waals surface area contributed by atoms with E-state index in [0.29, 0.717) is 33.9 Å². The Morgan fingerprint density at radius 1 is 1.20 bits per heavy atom. The summed E-state index contributed by atoms with van der Waals surface area (Å²) in [6.07, 6.45) is 4.31.